The van der Waals surface area contributed by atoms with E-state index in [-0.39, 0.29) is 6.04 Å². The van der Waals surface area contributed by atoms with E-state index in [0.717, 1.165) is 18.6 Å². The van der Waals surface area contributed by atoms with Gasteiger partial charge in [-0.15, -0.1) is 0 Å². The first-order valence-corrected chi connectivity index (χ1v) is 6.83. The van der Waals surface area contributed by atoms with Crippen LogP contribution in [0.4, 0.5) is 5.82 Å². The summed E-state index contributed by atoms with van der Waals surface area (Å²) in [6.07, 6.45) is 4.99. The molecule has 1 atom stereocenters. The average molecular weight is 282 g/mol. The highest BCUT2D eigenvalue weighted by molar-refractivity contribution is 5.47. The Morgan fingerprint density at radius 2 is 1.95 bits per heavy atom. The van der Waals surface area contributed by atoms with Gasteiger partial charge >= 0.3 is 0 Å². The number of nitrogens with zero attached hydrogens (tertiary/aromatic N) is 3. The van der Waals surface area contributed by atoms with Crippen molar-refractivity contribution in [1.29, 1.82) is 5.26 Å². The number of nitrogens with one attached hydrogen (secondary N) is 1. The van der Waals surface area contributed by atoms with Gasteiger partial charge in [0.1, 0.15) is 11.8 Å². The Morgan fingerprint density at radius 3 is 2.62 bits per heavy atom. The molecular formula is C16H18N4O. The monoisotopic (exact) mass is 282 g/mol. The third-order valence-electron chi connectivity index (χ3n) is 3.21. The topological polar surface area (TPSA) is 70.8 Å². The van der Waals surface area contributed by atoms with Crippen LogP contribution in [-0.4, -0.2) is 23.1 Å². The Balaban J connectivity index is 1.89. The summed E-state index contributed by atoms with van der Waals surface area (Å²) in [5.41, 5.74) is 1.58. The quantitative estimate of drug-likeness (QED) is 0.882. The molecule has 1 unspecified atom stereocenters. The first kappa shape index (κ1) is 14.8. The summed E-state index contributed by atoms with van der Waals surface area (Å²) in [7, 11) is 1.66. The summed E-state index contributed by atoms with van der Waals surface area (Å²) >= 11 is 0. The fourth-order valence-electron chi connectivity index (χ4n) is 2.01. The molecule has 0 aliphatic heterocycles. The van der Waals surface area contributed by atoms with Crippen molar-refractivity contribution in [2.45, 2.75) is 25.8 Å². The smallest absolute Gasteiger partial charge is 0.182 e. The second-order valence-corrected chi connectivity index (χ2v) is 4.80. The summed E-state index contributed by atoms with van der Waals surface area (Å²) in [4.78, 5) is 8.14. The standard InChI is InChI=1S/C16H18N4O/c1-12(20-16-15(11-17)18-9-10-19-16)3-4-13-5-7-14(21-2)8-6-13/h5-10,12H,3-4H2,1-2H3,(H,19,20). The number of aromatic nitrogens is 2. The van der Waals surface area contributed by atoms with Crippen LogP contribution >= 0.6 is 0 Å². The zero-order chi connectivity index (χ0) is 15.1. The number of benzene rings is 1. The van der Waals surface area contributed by atoms with Gasteiger partial charge in [0.2, 0.25) is 0 Å². The lowest BCUT2D eigenvalue weighted by atomic mass is 10.1. The lowest BCUT2D eigenvalue weighted by Crippen LogP contribution is -2.18. The molecule has 5 nitrogen and oxygen atoms in total. The van der Waals surface area contributed by atoms with Gasteiger partial charge < -0.3 is 10.1 Å². The number of rotatable bonds is 6. The summed E-state index contributed by atoms with van der Waals surface area (Å²) in [5.74, 6) is 1.41. The first-order chi connectivity index (χ1) is 10.2. The minimum absolute atomic E-state index is 0.205. The molecule has 1 N–H and O–H groups in total. The Hall–Kier alpha value is -2.61. The lowest BCUT2D eigenvalue weighted by molar-refractivity contribution is 0.414. The number of nitriles is 1. The summed E-state index contributed by atoms with van der Waals surface area (Å²) in [5, 5.41) is 12.2. The maximum atomic E-state index is 8.98. The maximum Gasteiger partial charge on any atom is 0.182 e. The van der Waals surface area contributed by atoms with Gasteiger partial charge in [-0.3, -0.25) is 0 Å². The largest absolute Gasteiger partial charge is 0.497 e. The normalized spacial score (nSPS) is 11.5. The molecule has 2 aromatic rings. The number of hydrogen-bond acceptors (Lipinski definition) is 5. The zero-order valence-corrected chi connectivity index (χ0v) is 12.2. The number of ether oxygens (including phenoxy) is 1. The van der Waals surface area contributed by atoms with Crippen molar-refractivity contribution in [3.05, 3.63) is 47.9 Å². The van der Waals surface area contributed by atoms with Crippen LogP contribution in [0.15, 0.2) is 36.7 Å². The van der Waals surface area contributed by atoms with E-state index < -0.39 is 0 Å². The molecule has 1 heterocycles. The predicted octanol–water partition coefficient (Wildman–Crippen LogP) is 2.79. The third kappa shape index (κ3) is 4.18. The van der Waals surface area contributed by atoms with E-state index in [1.54, 1.807) is 13.3 Å². The molecule has 5 heteroatoms. The van der Waals surface area contributed by atoms with E-state index >= 15 is 0 Å². The fraction of sp³-hybridized carbons (Fsp3) is 0.312. The van der Waals surface area contributed by atoms with E-state index in [4.69, 9.17) is 10.00 Å². The molecule has 1 aromatic carbocycles. The number of hydrogen-bond donors (Lipinski definition) is 1. The molecule has 0 spiro atoms. The summed E-state index contributed by atoms with van der Waals surface area (Å²) < 4.78 is 5.14. The molecular weight excluding hydrogens is 264 g/mol. The van der Waals surface area contributed by atoms with E-state index in [1.807, 2.05) is 18.2 Å². The van der Waals surface area contributed by atoms with Gasteiger partial charge in [-0.05, 0) is 37.5 Å². The van der Waals surface area contributed by atoms with E-state index in [0.29, 0.717) is 11.5 Å². The van der Waals surface area contributed by atoms with Gasteiger partial charge in [0.15, 0.2) is 11.5 Å². The van der Waals surface area contributed by atoms with Gasteiger partial charge in [0.05, 0.1) is 7.11 Å². The lowest BCUT2D eigenvalue weighted by Gasteiger charge is -2.14. The van der Waals surface area contributed by atoms with Gasteiger partial charge in [-0.2, -0.15) is 5.26 Å². The van der Waals surface area contributed by atoms with Gasteiger partial charge in [0.25, 0.3) is 0 Å². The van der Waals surface area contributed by atoms with Crippen LogP contribution in [0.1, 0.15) is 24.6 Å². The Labute approximate surface area is 124 Å². The minimum atomic E-state index is 0.205. The van der Waals surface area contributed by atoms with Crippen molar-refractivity contribution in [3.63, 3.8) is 0 Å². The Morgan fingerprint density at radius 1 is 1.24 bits per heavy atom. The van der Waals surface area contributed by atoms with Crippen molar-refractivity contribution in [3.8, 4) is 11.8 Å². The molecule has 0 radical (unpaired) electrons. The third-order valence-corrected chi connectivity index (χ3v) is 3.21. The Kier molecular flexibility index (Phi) is 5.10. The highest BCUT2D eigenvalue weighted by atomic mass is 16.5. The van der Waals surface area contributed by atoms with Crippen LogP contribution in [-0.2, 0) is 6.42 Å². The van der Waals surface area contributed by atoms with Crippen LogP contribution in [0.25, 0.3) is 0 Å². The highest BCUT2D eigenvalue weighted by Gasteiger charge is 2.08. The van der Waals surface area contributed by atoms with Gasteiger partial charge in [-0.25, -0.2) is 9.97 Å². The molecule has 0 fully saturated rings. The predicted molar refractivity (Wildman–Crippen MR) is 81.1 cm³/mol. The maximum absolute atomic E-state index is 8.98. The number of aryl methyl sites for hydroxylation is 1. The van der Waals surface area contributed by atoms with Crippen LogP contribution < -0.4 is 10.1 Å². The van der Waals surface area contributed by atoms with Crippen molar-refractivity contribution in [2.24, 2.45) is 0 Å². The van der Waals surface area contributed by atoms with Crippen molar-refractivity contribution in [2.75, 3.05) is 12.4 Å². The Bertz CT molecular complexity index is 619. The number of anilines is 1. The molecule has 0 amide bonds. The second kappa shape index (κ2) is 7.25. The van der Waals surface area contributed by atoms with E-state index in [9.17, 15) is 0 Å². The molecule has 0 aliphatic carbocycles. The van der Waals surface area contributed by atoms with Crippen molar-refractivity contribution < 1.29 is 4.74 Å². The van der Waals surface area contributed by atoms with Crippen molar-refractivity contribution in [1.82, 2.24) is 9.97 Å². The van der Waals surface area contributed by atoms with Crippen LogP contribution in [0, 0.1) is 11.3 Å². The van der Waals surface area contributed by atoms with Crippen molar-refractivity contribution >= 4 is 5.82 Å². The molecule has 0 aliphatic rings. The van der Waals surface area contributed by atoms with Crippen LogP contribution in [0.3, 0.4) is 0 Å². The SMILES string of the molecule is COc1ccc(CCC(C)Nc2nccnc2C#N)cc1. The van der Waals surface area contributed by atoms with E-state index in [2.05, 4.69) is 34.3 Å². The molecule has 0 saturated heterocycles. The molecule has 21 heavy (non-hydrogen) atoms. The molecule has 1 aromatic heterocycles. The zero-order valence-electron chi connectivity index (χ0n) is 12.2. The van der Waals surface area contributed by atoms with Crippen LogP contribution in [0.2, 0.25) is 0 Å². The number of methoxy groups -OCH3 is 1. The van der Waals surface area contributed by atoms with E-state index in [1.165, 1.54) is 11.8 Å². The van der Waals surface area contributed by atoms with Gasteiger partial charge in [0, 0.05) is 18.4 Å². The molecule has 2 rings (SSSR count). The first-order valence-electron chi connectivity index (χ1n) is 6.83. The van der Waals surface area contributed by atoms with Gasteiger partial charge in [-0.1, -0.05) is 12.1 Å². The van der Waals surface area contributed by atoms with Crippen LogP contribution in [0.5, 0.6) is 5.75 Å². The summed E-state index contributed by atoms with van der Waals surface area (Å²) in [6, 6.07) is 10.3. The molecule has 108 valence electrons. The average Bonchev–Trinajstić information content (AvgIpc) is 2.54. The highest BCUT2D eigenvalue weighted by Crippen LogP contribution is 2.15. The minimum Gasteiger partial charge on any atom is -0.497 e. The second-order valence-electron chi connectivity index (χ2n) is 4.80. The fourth-order valence-corrected chi connectivity index (χ4v) is 2.01. The molecule has 0 bridgehead atoms. The summed E-state index contributed by atoms with van der Waals surface area (Å²) in [6.45, 7) is 2.07. The molecule has 0 saturated carbocycles.